The highest BCUT2D eigenvalue weighted by Gasteiger charge is 2.49. The average Bonchev–Trinajstić information content (AvgIpc) is 1.56. The van der Waals surface area contributed by atoms with E-state index in [2.05, 4.69) is 62.5 Å². The van der Waals surface area contributed by atoms with E-state index in [1.807, 2.05) is 24.3 Å². The molecule has 9 rings (SSSR count). The molecule has 5 heterocycles. The van der Waals surface area contributed by atoms with Gasteiger partial charge in [-0.1, -0.05) is 36.4 Å². The van der Waals surface area contributed by atoms with E-state index in [0.717, 1.165) is 17.2 Å². The summed E-state index contributed by atoms with van der Waals surface area (Å²) in [7, 11) is 0. The number of hydrogen-bond acceptors (Lipinski definition) is 16. The Morgan fingerprint density at radius 1 is 0.670 bits per heavy atom. The maximum absolute atomic E-state index is 15.2. The fourth-order valence-corrected chi connectivity index (χ4v) is 13.8. The molecule has 2 bridgehead atoms. The van der Waals surface area contributed by atoms with Gasteiger partial charge in [-0.2, -0.15) is 23.5 Å². The number of thioether (sulfide) groups is 2. The normalized spacial score (nSPS) is 23.0. The summed E-state index contributed by atoms with van der Waals surface area (Å²) < 4.78 is 29.8. The number of rotatable bonds is 12. The summed E-state index contributed by atoms with van der Waals surface area (Å²) in [5.41, 5.74) is 6.11. The number of halogens is 2. The quantitative estimate of drug-likeness (QED) is 0.0829. The zero-order chi connectivity index (χ0) is 72.0. The molecule has 32 heteroatoms. The second kappa shape index (κ2) is 33.0. The van der Waals surface area contributed by atoms with Crippen molar-refractivity contribution in [1.29, 1.82) is 0 Å². The van der Waals surface area contributed by atoms with E-state index in [4.69, 9.17) is 5.73 Å². The minimum atomic E-state index is -2.06. The Bertz CT molecular complexity index is 4190. The van der Waals surface area contributed by atoms with E-state index in [-0.39, 0.29) is 65.3 Å². The van der Waals surface area contributed by atoms with Crippen molar-refractivity contribution in [3.8, 4) is 5.75 Å². The maximum Gasteiger partial charge on any atom is 0.305 e. The molecule has 0 saturated carbocycles. The minimum absolute atomic E-state index is 0.00759. The first-order valence-electron chi connectivity index (χ1n) is 32.0. The molecule has 0 unspecified atom stereocenters. The third-order valence-corrected chi connectivity index (χ3v) is 19.4. The molecule has 0 spiro atoms. The second-order valence-corrected chi connectivity index (χ2v) is 27.5. The highest BCUT2D eigenvalue weighted by atomic mass is 32.2. The number of fused-ring (bicyclic) bond motifs is 5. The molecule has 0 radical (unpaired) electrons. The number of aromatic amines is 3. The van der Waals surface area contributed by atoms with Crippen LogP contribution in [0.15, 0.2) is 110 Å². The Morgan fingerprint density at radius 2 is 1.24 bits per heavy atom. The Kier molecular flexibility index (Phi) is 24.4. The SMILES string of the molecule is CC(C)(O)[C@@H]1NC(=O)CCSCc2cccc(c2)CSC[C@@H](C(N)=O)NC(=O)[C@]2(C)CCCN2C(=O)[C@H](Cc2ccc(O)cc2)NC(=O)[C@H](Cc2cnc[nH]2)NC(=O)[C@H](CC(=O)O)NC(=O)[C@H](Cc2c[nH]c3ccc(F)cc23)NC(=O)[C@@H](Cc2c[nH]c3ccc(F)cc23)NC(=O)CNC1=O. The van der Waals surface area contributed by atoms with Gasteiger partial charge in [-0.3, -0.25) is 52.7 Å². The number of carbonyl (C=O) groups is 11. The highest BCUT2D eigenvalue weighted by molar-refractivity contribution is 7.98. The predicted molar refractivity (Wildman–Crippen MR) is 365 cm³/mol. The van der Waals surface area contributed by atoms with Crippen molar-refractivity contribution in [1.82, 2.24) is 67.4 Å². The number of phenolic OH excluding ortho intramolecular Hbond substituents is 1. The van der Waals surface area contributed by atoms with Crippen molar-refractivity contribution in [2.75, 3.05) is 24.6 Å². The lowest BCUT2D eigenvalue weighted by molar-refractivity contribution is -0.147. The fraction of sp³-hybridized carbons (Fsp3) is 0.382. The summed E-state index contributed by atoms with van der Waals surface area (Å²) in [6, 6.07) is 9.13. The van der Waals surface area contributed by atoms with Crippen molar-refractivity contribution in [3.05, 3.63) is 155 Å². The monoisotopic (exact) mass is 1420 g/mol. The number of hydrogen-bond donors (Lipinski definition) is 15. The van der Waals surface area contributed by atoms with Crippen molar-refractivity contribution in [2.45, 2.75) is 137 Å². The van der Waals surface area contributed by atoms with Gasteiger partial charge < -0.3 is 83.4 Å². The number of carboxylic acids is 1. The lowest BCUT2D eigenvalue weighted by Gasteiger charge is -2.37. The van der Waals surface area contributed by atoms with Gasteiger partial charge in [0, 0.05) is 108 Å². The van der Waals surface area contributed by atoms with Gasteiger partial charge in [-0.15, -0.1) is 0 Å². The molecule has 3 aromatic heterocycles. The van der Waals surface area contributed by atoms with Crippen LogP contribution in [0.3, 0.4) is 0 Å². The molecule has 2 aliphatic rings. The van der Waals surface area contributed by atoms with E-state index in [1.54, 1.807) is 0 Å². The Labute approximate surface area is 580 Å². The molecule has 530 valence electrons. The van der Waals surface area contributed by atoms with Crippen LogP contribution in [0, 0.1) is 11.6 Å². The van der Waals surface area contributed by atoms with Gasteiger partial charge in [0.1, 0.15) is 65.2 Å². The molecule has 0 aliphatic carbocycles. The summed E-state index contributed by atoms with van der Waals surface area (Å²) >= 11 is 2.71. The van der Waals surface area contributed by atoms with Crippen LogP contribution >= 0.6 is 23.5 Å². The van der Waals surface area contributed by atoms with Crippen LogP contribution in [-0.2, 0) is 89.9 Å². The van der Waals surface area contributed by atoms with E-state index >= 15 is 19.2 Å². The molecule has 1 saturated heterocycles. The third-order valence-electron chi connectivity index (χ3n) is 17.2. The number of phenols is 1. The number of carboxylic acid groups (broad SMARTS) is 1. The van der Waals surface area contributed by atoms with Crippen molar-refractivity contribution < 1.29 is 76.8 Å². The standard InChI is InChI=1S/C68H78F2N14O14S2/c1-67(2,98)58-64(95)75-31-56(87)77-49(22-39-28-73-47-14-10-41(69)24-45(39)47)60(91)78-50(23-40-29-74-48-15-11-42(70)25-46(40)48)61(92)80-52(27-57(88)89)63(94)79-51(26-43-30-72-35-76-43)62(93)81-53(21-36-8-12-44(85)13-9-36)65(96)84-18-5-17-68(84,3)66(97)82-54(59(71)90)34-100-33-38-7-4-6-37(20-38)32-99-19-16-55(86)83-58/h4,6-15,20,24-25,28-30,35,49-54,58,73-74,85,98H,5,16-19,21-23,26-27,31-34H2,1-3H3,(H2,71,90)(H,72,76)(H,75,95)(H,77,87)(H,78,91)(H,79,94)(H,80,92)(H,81,93)(H,82,97)(H,83,86)(H,88,89)/t49-,50+,51+,52+,53+,54+,58-,68+/m1/s1. The molecule has 2 aliphatic heterocycles. The summed E-state index contributed by atoms with van der Waals surface area (Å²) in [5.74, 6) is -11.5. The van der Waals surface area contributed by atoms with Crippen molar-refractivity contribution in [3.63, 3.8) is 0 Å². The molecular weight excluding hydrogens is 1340 g/mol. The van der Waals surface area contributed by atoms with Gasteiger partial charge in [0.15, 0.2) is 0 Å². The molecule has 8 atom stereocenters. The van der Waals surface area contributed by atoms with E-state index < -0.39 is 162 Å². The largest absolute Gasteiger partial charge is 0.508 e. The number of nitrogens with one attached hydrogen (secondary N) is 11. The zero-order valence-corrected chi connectivity index (χ0v) is 56.3. The Hall–Kier alpha value is -10.3. The van der Waals surface area contributed by atoms with E-state index in [0.29, 0.717) is 39.9 Å². The first-order valence-corrected chi connectivity index (χ1v) is 34.3. The number of primary amides is 1. The van der Waals surface area contributed by atoms with E-state index in [9.17, 15) is 57.7 Å². The number of aromatic nitrogens is 4. The van der Waals surface area contributed by atoms with Crippen LogP contribution in [0.5, 0.6) is 5.75 Å². The number of aromatic hydroxyl groups is 1. The number of imidazole rings is 1. The summed E-state index contributed by atoms with van der Waals surface area (Å²) in [6.07, 6.45) is 3.09. The molecular formula is C68H78F2N14O14S2. The molecule has 100 heavy (non-hydrogen) atoms. The van der Waals surface area contributed by atoms with Crippen molar-refractivity contribution in [2.24, 2.45) is 5.73 Å². The fourth-order valence-electron chi connectivity index (χ4n) is 11.9. The van der Waals surface area contributed by atoms with E-state index in [1.165, 1.54) is 129 Å². The number of nitrogens with two attached hydrogens (primary N) is 1. The number of aliphatic hydroxyl groups is 1. The lowest BCUT2D eigenvalue weighted by Crippen LogP contribution is -2.63. The maximum atomic E-state index is 15.2. The molecule has 10 amide bonds. The molecule has 7 aromatic rings. The van der Waals surface area contributed by atoms with Crippen molar-refractivity contribution >= 4 is 110 Å². The van der Waals surface area contributed by atoms with Crippen LogP contribution < -0.4 is 48.3 Å². The number of carbonyl (C=O) groups excluding carboxylic acids is 10. The van der Waals surface area contributed by atoms with Crippen LogP contribution in [0.1, 0.15) is 80.0 Å². The van der Waals surface area contributed by atoms with Gasteiger partial charge in [0.25, 0.3) is 0 Å². The van der Waals surface area contributed by atoms with Gasteiger partial charge >= 0.3 is 5.97 Å². The molecule has 28 nitrogen and oxygen atoms in total. The minimum Gasteiger partial charge on any atom is -0.508 e. The van der Waals surface area contributed by atoms with Gasteiger partial charge in [-0.05, 0) is 110 Å². The average molecular weight is 1420 g/mol. The van der Waals surface area contributed by atoms with Crippen LogP contribution in [0.4, 0.5) is 8.78 Å². The summed E-state index contributed by atoms with van der Waals surface area (Å²) in [5, 5.41) is 52.7. The molecule has 1 fully saturated rings. The summed E-state index contributed by atoms with van der Waals surface area (Å²) in [4.78, 5) is 171. The molecule has 4 aromatic carbocycles. The summed E-state index contributed by atoms with van der Waals surface area (Å²) in [6.45, 7) is 3.20. The van der Waals surface area contributed by atoms with Crippen LogP contribution in [-0.4, -0.2) is 183 Å². The van der Waals surface area contributed by atoms with Gasteiger partial charge in [0.05, 0.1) is 24.9 Å². The van der Waals surface area contributed by atoms with Crippen LogP contribution in [0.2, 0.25) is 0 Å². The number of amides is 10. The zero-order valence-electron chi connectivity index (χ0n) is 54.7. The Balaban J connectivity index is 1.06. The number of H-pyrrole nitrogens is 3. The van der Waals surface area contributed by atoms with Crippen LogP contribution in [0.25, 0.3) is 21.8 Å². The third kappa shape index (κ3) is 19.5. The first kappa shape index (κ1) is 73.9. The smallest absolute Gasteiger partial charge is 0.305 e. The topological polar surface area (TPSA) is 434 Å². The number of aliphatic carboxylic acids is 1. The van der Waals surface area contributed by atoms with Gasteiger partial charge in [-0.25, -0.2) is 13.8 Å². The Morgan fingerprint density at radius 3 is 1.82 bits per heavy atom. The molecule has 16 N–H and O–H groups in total. The highest BCUT2D eigenvalue weighted by Crippen LogP contribution is 2.32. The predicted octanol–water partition coefficient (Wildman–Crippen LogP) is 1.82. The first-order chi connectivity index (χ1) is 47.6. The van der Waals surface area contributed by atoms with Gasteiger partial charge in [0.2, 0.25) is 59.1 Å². The second-order valence-electron chi connectivity index (χ2n) is 25.3. The lowest BCUT2D eigenvalue weighted by atomic mass is 9.95. The number of nitrogens with zero attached hydrogens (tertiary/aromatic N) is 2. The number of benzene rings is 4.